The van der Waals surface area contributed by atoms with Gasteiger partial charge in [0.1, 0.15) is 0 Å². The van der Waals surface area contributed by atoms with Crippen LogP contribution in [0.2, 0.25) is 0 Å². The fraction of sp³-hybridized carbons (Fsp3) is 0.294. The van der Waals surface area contributed by atoms with Crippen LogP contribution in [0.4, 0.5) is 4.79 Å². The zero-order valence-corrected chi connectivity index (χ0v) is 11.4. The molecule has 1 unspecified atom stereocenters. The van der Waals surface area contributed by atoms with E-state index in [2.05, 4.69) is 23.7 Å². The van der Waals surface area contributed by atoms with E-state index in [0.717, 1.165) is 0 Å². The number of hydrogen-bond donors (Lipinski definition) is 0. The van der Waals surface area contributed by atoms with Gasteiger partial charge in [-0.05, 0) is 0 Å². The number of ether oxygens (including phenoxy) is 2. The van der Waals surface area contributed by atoms with Gasteiger partial charge in [-0.15, -0.1) is 0 Å². The van der Waals surface area contributed by atoms with Crippen LogP contribution in [0.3, 0.4) is 0 Å². The first-order valence-corrected chi connectivity index (χ1v) is 6.57. The van der Waals surface area contributed by atoms with Gasteiger partial charge < -0.3 is 9.47 Å². The van der Waals surface area contributed by atoms with Crippen LogP contribution in [0, 0.1) is 29.6 Å². The number of Topliss-reactive ketones (excluding diaryl/α,β-unsaturated/α-hetero) is 1. The Bertz CT molecular complexity index is 625. The summed E-state index contributed by atoms with van der Waals surface area (Å²) in [6, 6.07) is 9.08. The first kappa shape index (κ1) is 14.7. The molecule has 4 nitrogen and oxygen atoms in total. The van der Waals surface area contributed by atoms with Crippen molar-refractivity contribution in [1.82, 2.24) is 0 Å². The quantitative estimate of drug-likeness (QED) is 0.485. The smallest absolute Gasteiger partial charge is 0.421 e. The Morgan fingerprint density at radius 3 is 2.57 bits per heavy atom. The van der Waals surface area contributed by atoms with Gasteiger partial charge in [0, 0.05) is 24.3 Å². The number of benzene rings is 1. The van der Waals surface area contributed by atoms with Crippen LogP contribution in [-0.2, 0) is 9.47 Å². The van der Waals surface area contributed by atoms with E-state index in [1.165, 1.54) is 0 Å². The molecule has 0 bridgehead atoms. The van der Waals surface area contributed by atoms with Gasteiger partial charge in [-0.2, -0.15) is 0 Å². The first-order valence-electron chi connectivity index (χ1n) is 6.57. The van der Waals surface area contributed by atoms with E-state index in [1.54, 1.807) is 12.1 Å². The van der Waals surface area contributed by atoms with E-state index < -0.39 is 6.16 Å². The van der Waals surface area contributed by atoms with Crippen molar-refractivity contribution < 1.29 is 19.1 Å². The summed E-state index contributed by atoms with van der Waals surface area (Å²) < 4.78 is 9.41. The average Bonchev–Trinajstić information content (AvgIpc) is 2.55. The van der Waals surface area contributed by atoms with Crippen molar-refractivity contribution in [3.05, 3.63) is 35.9 Å². The second kappa shape index (κ2) is 7.77. The lowest BCUT2D eigenvalue weighted by Gasteiger charge is -2.06. The monoisotopic (exact) mass is 282 g/mol. The summed E-state index contributed by atoms with van der Waals surface area (Å²) in [7, 11) is 0. The molecular formula is C17H14O4. The molecule has 0 saturated heterocycles. The molecule has 0 spiro atoms. The van der Waals surface area contributed by atoms with Crippen molar-refractivity contribution in [3.8, 4) is 23.7 Å². The molecule has 0 N–H and O–H groups in total. The van der Waals surface area contributed by atoms with Gasteiger partial charge in [0.05, 0.1) is 0 Å². The van der Waals surface area contributed by atoms with Gasteiger partial charge in [-0.3, -0.25) is 4.79 Å². The lowest BCUT2D eigenvalue weighted by atomic mass is 9.96. The molecule has 0 radical (unpaired) electrons. The number of rotatable bonds is 3. The minimum atomic E-state index is -0.780. The molecule has 1 aliphatic heterocycles. The third kappa shape index (κ3) is 5.04. The van der Waals surface area contributed by atoms with E-state index in [1.807, 2.05) is 18.2 Å². The standard InChI is InChI=1S/C17H14O4/c18-16(15-9-2-1-3-10-15)13-14-7-4-5-11-20-17(19)21-12-6-8-14/h1-3,9-10,14H,7,11-13H2. The second-order valence-electron chi connectivity index (χ2n) is 4.40. The highest BCUT2D eigenvalue weighted by Gasteiger charge is 2.12. The van der Waals surface area contributed by atoms with Crippen molar-refractivity contribution in [1.29, 1.82) is 0 Å². The molecule has 1 aromatic rings. The maximum atomic E-state index is 12.2. The van der Waals surface area contributed by atoms with Gasteiger partial charge in [-0.25, -0.2) is 4.79 Å². The first-order chi connectivity index (χ1) is 10.3. The molecule has 0 saturated carbocycles. The number of ketones is 1. The van der Waals surface area contributed by atoms with E-state index in [9.17, 15) is 9.59 Å². The molecule has 0 amide bonds. The predicted octanol–water partition coefficient (Wildman–Crippen LogP) is 2.44. The Kier molecular flexibility index (Phi) is 5.43. The molecular weight excluding hydrogens is 268 g/mol. The van der Waals surface area contributed by atoms with Crippen LogP contribution in [0.25, 0.3) is 0 Å². The summed E-state index contributed by atoms with van der Waals surface area (Å²) in [6.45, 7) is -0.0625. The topological polar surface area (TPSA) is 52.6 Å². The van der Waals surface area contributed by atoms with Gasteiger partial charge in [-0.1, -0.05) is 54.0 Å². The lowest BCUT2D eigenvalue weighted by Crippen LogP contribution is -2.08. The summed E-state index contributed by atoms with van der Waals surface area (Å²) in [5.74, 6) is 11.1. The highest BCUT2D eigenvalue weighted by Crippen LogP contribution is 2.12. The normalized spacial score (nSPS) is 17.7. The third-order valence-electron chi connectivity index (χ3n) is 2.83. The fourth-order valence-corrected chi connectivity index (χ4v) is 1.80. The lowest BCUT2D eigenvalue weighted by molar-refractivity contribution is 0.0745. The summed E-state index contributed by atoms with van der Waals surface area (Å²) in [5.41, 5.74) is 0.663. The Balaban J connectivity index is 2.03. The van der Waals surface area contributed by atoms with Gasteiger partial charge in [0.15, 0.2) is 19.0 Å². The number of carbonyl (C=O) groups is 2. The molecule has 1 aromatic carbocycles. The molecule has 0 aromatic heterocycles. The fourth-order valence-electron chi connectivity index (χ4n) is 1.80. The number of carbonyl (C=O) groups excluding carboxylic acids is 2. The van der Waals surface area contributed by atoms with Crippen LogP contribution in [0.15, 0.2) is 30.3 Å². The second-order valence-corrected chi connectivity index (χ2v) is 4.40. The van der Waals surface area contributed by atoms with Crippen molar-refractivity contribution in [2.24, 2.45) is 5.92 Å². The van der Waals surface area contributed by atoms with E-state index >= 15 is 0 Å². The largest absolute Gasteiger partial charge is 0.510 e. The van der Waals surface area contributed by atoms with Crippen molar-refractivity contribution in [2.75, 3.05) is 13.2 Å². The molecule has 4 heteroatoms. The van der Waals surface area contributed by atoms with Crippen molar-refractivity contribution in [3.63, 3.8) is 0 Å². The minimum absolute atomic E-state index is 0.0157. The van der Waals surface area contributed by atoms with Crippen molar-refractivity contribution >= 4 is 11.9 Å². The summed E-state index contributed by atoms with van der Waals surface area (Å²) in [6.07, 6.45) is -0.0266. The Morgan fingerprint density at radius 2 is 1.81 bits per heavy atom. The SMILES string of the molecule is O=C1OCC#CCC(CC(=O)c2ccccc2)C#CCO1. The average molecular weight is 282 g/mol. The summed E-state index contributed by atoms with van der Waals surface area (Å²) >= 11 is 0. The summed E-state index contributed by atoms with van der Waals surface area (Å²) in [4.78, 5) is 23.2. The highest BCUT2D eigenvalue weighted by atomic mass is 16.7. The van der Waals surface area contributed by atoms with E-state index in [4.69, 9.17) is 9.47 Å². The van der Waals surface area contributed by atoms with Crippen molar-refractivity contribution in [2.45, 2.75) is 12.8 Å². The minimum Gasteiger partial charge on any atom is -0.421 e. The molecule has 21 heavy (non-hydrogen) atoms. The summed E-state index contributed by atoms with van der Waals surface area (Å²) in [5, 5.41) is 0. The van der Waals surface area contributed by atoms with Gasteiger partial charge in [0.25, 0.3) is 0 Å². The highest BCUT2D eigenvalue weighted by molar-refractivity contribution is 5.96. The molecule has 2 rings (SSSR count). The number of cyclic esters (lactones) is 2. The van der Waals surface area contributed by atoms with Crippen LogP contribution >= 0.6 is 0 Å². The molecule has 0 aliphatic carbocycles. The van der Waals surface area contributed by atoms with Crippen LogP contribution in [0.1, 0.15) is 23.2 Å². The van der Waals surface area contributed by atoms with Gasteiger partial charge >= 0.3 is 6.16 Å². The maximum Gasteiger partial charge on any atom is 0.510 e. The van der Waals surface area contributed by atoms with Crippen LogP contribution < -0.4 is 0 Å². The van der Waals surface area contributed by atoms with Crippen LogP contribution in [0.5, 0.6) is 0 Å². The zero-order valence-electron chi connectivity index (χ0n) is 11.4. The Morgan fingerprint density at radius 1 is 1.10 bits per heavy atom. The zero-order chi connectivity index (χ0) is 14.9. The third-order valence-corrected chi connectivity index (χ3v) is 2.83. The van der Waals surface area contributed by atoms with E-state index in [0.29, 0.717) is 18.4 Å². The molecule has 1 heterocycles. The molecule has 106 valence electrons. The Labute approximate surface area is 123 Å². The Hall–Kier alpha value is -2.72. The van der Waals surface area contributed by atoms with Crippen LogP contribution in [-0.4, -0.2) is 25.2 Å². The molecule has 1 atom stereocenters. The van der Waals surface area contributed by atoms with Gasteiger partial charge in [0.2, 0.25) is 0 Å². The predicted molar refractivity (Wildman–Crippen MR) is 76.3 cm³/mol. The molecule has 1 aliphatic rings. The maximum absolute atomic E-state index is 12.2. The number of hydrogen-bond acceptors (Lipinski definition) is 4. The molecule has 0 fully saturated rings. The van der Waals surface area contributed by atoms with E-state index in [-0.39, 0.29) is 24.9 Å².